The summed E-state index contributed by atoms with van der Waals surface area (Å²) in [6, 6.07) is -0.000365. The highest BCUT2D eigenvalue weighted by atomic mass is 16.5. The number of amides is 1. The van der Waals surface area contributed by atoms with Crippen LogP contribution in [0.4, 0.5) is 0 Å². The van der Waals surface area contributed by atoms with Gasteiger partial charge in [0.1, 0.15) is 0 Å². The van der Waals surface area contributed by atoms with E-state index in [-0.39, 0.29) is 29.8 Å². The van der Waals surface area contributed by atoms with Gasteiger partial charge in [0.25, 0.3) is 0 Å². The molecule has 0 aromatic rings. The Bertz CT molecular complexity index is 431. The number of methoxy groups -OCH3 is 1. The molecule has 20 heavy (non-hydrogen) atoms. The molecule has 3 aliphatic carbocycles. The predicted molar refractivity (Wildman–Crippen MR) is 74.7 cm³/mol. The molecule has 0 heterocycles. The maximum absolute atomic E-state index is 12.4. The van der Waals surface area contributed by atoms with Gasteiger partial charge in [-0.1, -0.05) is 12.2 Å². The Morgan fingerprint density at radius 2 is 1.95 bits per heavy atom. The van der Waals surface area contributed by atoms with E-state index in [0.717, 1.165) is 38.5 Å². The molecule has 110 valence electrons. The van der Waals surface area contributed by atoms with Crippen LogP contribution in [0.15, 0.2) is 12.2 Å². The van der Waals surface area contributed by atoms with E-state index in [1.54, 1.807) is 0 Å². The van der Waals surface area contributed by atoms with Crippen molar-refractivity contribution < 1.29 is 14.3 Å². The number of hydrogen-bond acceptors (Lipinski definition) is 3. The second kappa shape index (κ2) is 5.58. The minimum atomic E-state index is -0.147. The van der Waals surface area contributed by atoms with Crippen LogP contribution in [-0.2, 0) is 14.3 Å². The number of hydrogen-bond donors (Lipinski definition) is 1. The average molecular weight is 277 g/mol. The van der Waals surface area contributed by atoms with Crippen molar-refractivity contribution in [3.8, 4) is 0 Å². The summed E-state index contributed by atoms with van der Waals surface area (Å²) >= 11 is 0. The molecule has 2 fully saturated rings. The molecule has 4 heteroatoms. The minimum absolute atomic E-state index is 0.000365. The van der Waals surface area contributed by atoms with E-state index in [9.17, 15) is 9.59 Å². The van der Waals surface area contributed by atoms with Gasteiger partial charge in [0.2, 0.25) is 5.91 Å². The zero-order valence-corrected chi connectivity index (χ0v) is 12.0. The summed E-state index contributed by atoms with van der Waals surface area (Å²) in [6.07, 6.45) is 10.3. The summed E-state index contributed by atoms with van der Waals surface area (Å²) in [5.41, 5.74) is 0. The normalized spacial score (nSPS) is 38.8. The molecule has 3 rings (SSSR count). The standard InChI is InChI=1S/C16H23NO3/c1-20-16(19)13-11-7-8-12(9-11)14(13)17-15(18)10-5-3-2-4-6-10/h2-3,10-14H,4-9H2,1H3,(H,17,18)/t10-,11+,12+,13-,14-/m1/s1. The number of ether oxygens (including phenoxy) is 1. The molecule has 2 saturated carbocycles. The van der Waals surface area contributed by atoms with Crippen molar-refractivity contribution in [3.63, 3.8) is 0 Å². The van der Waals surface area contributed by atoms with Crippen LogP contribution in [0.25, 0.3) is 0 Å². The van der Waals surface area contributed by atoms with Gasteiger partial charge >= 0.3 is 5.97 Å². The van der Waals surface area contributed by atoms with Gasteiger partial charge in [-0.25, -0.2) is 0 Å². The third-order valence-corrected chi connectivity index (χ3v) is 5.34. The fraction of sp³-hybridized carbons (Fsp3) is 0.750. The second-order valence-electron chi connectivity index (χ2n) is 6.40. The van der Waals surface area contributed by atoms with E-state index < -0.39 is 0 Å². The zero-order chi connectivity index (χ0) is 14.1. The number of fused-ring (bicyclic) bond motifs is 2. The molecule has 1 N–H and O–H groups in total. The molecule has 3 aliphatic rings. The Morgan fingerprint density at radius 3 is 2.65 bits per heavy atom. The molecule has 2 bridgehead atoms. The Labute approximate surface area is 119 Å². The first-order chi connectivity index (χ1) is 9.70. The van der Waals surface area contributed by atoms with Gasteiger partial charge in [0, 0.05) is 12.0 Å². The molecular weight excluding hydrogens is 254 g/mol. The van der Waals surface area contributed by atoms with E-state index in [2.05, 4.69) is 17.5 Å². The maximum Gasteiger partial charge on any atom is 0.311 e. The molecule has 0 saturated heterocycles. The van der Waals surface area contributed by atoms with E-state index in [4.69, 9.17) is 4.74 Å². The van der Waals surface area contributed by atoms with E-state index in [1.165, 1.54) is 7.11 Å². The molecule has 0 unspecified atom stereocenters. The molecule has 5 atom stereocenters. The van der Waals surface area contributed by atoms with Crippen LogP contribution in [0.1, 0.15) is 38.5 Å². The number of nitrogens with one attached hydrogen (secondary N) is 1. The van der Waals surface area contributed by atoms with Gasteiger partial charge in [-0.2, -0.15) is 0 Å². The third kappa shape index (κ3) is 2.36. The van der Waals surface area contributed by atoms with Crippen LogP contribution in [0.3, 0.4) is 0 Å². The summed E-state index contributed by atoms with van der Waals surface area (Å²) < 4.78 is 4.94. The molecule has 0 aliphatic heterocycles. The molecule has 1 amide bonds. The predicted octanol–water partition coefficient (Wildman–Crippen LogP) is 2.05. The first kappa shape index (κ1) is 13.7. The third-order valence-electron chi connectivity index (χ3n) is 5.34. The number of allylic oxidation sites excluding steroid dienone is 2. The zero-order valence-electron chi connectivity index (χ0n) is 12.0. The smallest absolute Gasteiger partial charge is 0.311 e. The minimum Gasteiger partial charge on any atom is -0.469 e. The number of esters is 1. The van der Waals surface area contributed by atoms with Crippen molar-refractivity contribution in [2.75, 3.05) is 7.11 Å². The van der Waals surface area contributed by atoms with E-state index >= 15 is 0 Å². The molecular formula is C16H23NO3. The average Bonchev–Trinajstić information content (AvgIpc) is 3.08. The Hall–Kier alpha value is -1.32. The first-order valence-corrected chi connectivity index (χ1v) is 7.74. The van der Waals surface area contributed by atoms with Crippen LogP contribution < -0.4 is 5.32 Å². The molecule has 0 aromatic carbocycles. The Kier molecular flexibility index (Phi) is 3.81. The topological polar surface area (TPSA) is 55.4 Å². The van der Waals surface area contributed by atoms with Gasteiger partial charge in [-0.3, -0.25) is 9.59 Å². The van der Waals surface area contributed by atoms with Crippen molar-refractivity contribution in [2.45, 2.75) is 44.6 Å². The van der Waals surface area contributed by atoms with Crippen molar-refractivity contribution in [2.24, 2.45) is 23.7 Å². The lowest BCUT2D eigenvalue weighted by molar-refractivity contribution is -0.148. The molecule has 0 spiro atoms. The van der Waals surface area contributed by atoms with Gasteiger partial charge in [-0.15, -0.1) is 0 Å². The summed E-state index contributed by atoms with van der Waals surface area (Å²) in [7, 11) is 1.44. The fourth-order valence-corrected chi connectivity index (χ4v) is 4.29. The first-order valence-electron chi connectivity index (χ1n) is 7.74. The summed E-state index contributed by atoms with van der Waals surface area (Å²) in [6.45, 7) is 0. The number of rotatable bonds is 3. The Morgan fingerprint density at radius 1 is 1.15 bits per heavy atom. The molecule has 4 nitrogen and oxygen atoms in total. The van der Waals surface area contributed by atoms with Crippen molar-refractivity contribution >= 4 is 11.9 Å². The highest BCUT2D eigenvalue weighted by Gasteiger charge is 2.52. The highest BCUT2D eigenvalue weighted by molar-refractivity contribution is 5.81. The van der Waals surface area contributed by atoms with Crippen molar-refractivity contribution in [1.82, 2.24) is 5.32 Å². The lowest BCUT2D eigenvalue weighted by Crippen LogP contribution is -2.49. The van der Waals surface area contributed by atoms with E-state index in [1.807, 2.05) is 0 Å². The van der Waals surface area contributed by atoms with E-state index in [0.29, 0.717) is 11.8 Å². The van der Waals surface area contributed by atoms with Gasteiger partial charge < -0.3 is 10.1 Å². The van der Waals surface area contributed by atoms with Crippen LogP contribution in [0.2, 0.25) is 0 Å². The highest BCUT2D eigenvalue weighted by Crippen LogP contribution is 2.49. The summed E-state index contributed by atoms with van der Waals surface area (Å²) in [4.78, 5) is 24.4. The van der Waals surface area contributed by atoms with Crippen molar-refractivity contribution in [3.05, 3.63) is 12.2 Å². The lowest BCUT2D eigenvalue weighted by atomic mass is 9.83. The Balaban J connectivity index is 1.67. The van der Waals surface area contributed by atoms with Gasteiger partial charge in [0.05, 0.1) is 13.0 Å². The fourth-order valence-electron chi connectivity index (χ4n) is 4.29. The second-order valence-corrected chi connectivity index (χ2v) is 6.40. The van der Waals surface area contributed by atoms with Crippen LogP contribution >= 0.6 is 0 Å². The number of carbonyl (C=O) groups is 2. The maximum atomic E-state index is 12.4. The SMILES string of the molecule is COC(=O)[C@@H]1[C@H]2CC[C@@H](C2)[C@H]1NC(=O)[C@@H]1CC=CCC1. The van der Waals surface area contributed by atoms with Crippen LogP contribution in [0.5, 0.6) is 0 Å². The monoisotopic (exact) mass is 277 g/mol. The summed E-state index contributed by atoms with van der Waals surface area (Å²) in [5.74, 6) is 0.808. The lowest BCUT2D eigenvalue weighted by Gasteiger charge is -2.31. The molecule has 0 aromatic heterocycles. The van der Waals surface area contributed by atoms with Crippen LogP contribution in [0, 0.1) is 23.7 Å². The van der Waals surface area contributed by atoms with Gasteiger partial charge in [0.15, 0.2) is 0 Å². The molecule has 0 radical (unpaired) electrons. The largest absolute Gasteiger partial charge is 0.469 e. The summed E-state index contributed by atoms with van der Waals surface area (Å²) in [5, 5.41) is 3.17. The number of carbonyl (C=O) groups excluding carboxylic acids is 2. The van der Waals surface area contributed by atoms with Crippen LogP contribution in [-0.4, -0.2) is 25.0 Å². The quantitative estimate of drug-likeness (QED) is 0.634. The van der Waals surface area contributed by atoms with Crippen molar-refractivity contribution in [1.29, 1.82) is 0 Å². The van der Waals surface area contributed by atoms with Gasteiger partial charge in [-0.05, 0) is 50.4 Å².